The van der Waals surface area contributed by atoms with Gasteiger partial charge < -0.3 is 5.11 Å². The summed E-state index contributed by atoms with van der Waals surface area (Å²) in [6.45, 7) is 4.32. The zero-order valence-corrected chi connectivity index (χ0v) is 14.6. The molecule has 0 amide bonds. The van der Waals surface area contributed by atoms with Gasteiger partial charge >= 0.3 is 0 Å². The van der Waals surface area contributed by atoms with Crippen LogP contribution in [0.4, 0.5) is 0 Å². The average Bonchev–Trinajstić information content (AvgIpc) is 2.41. The van der Waals surface area contributed by atoms with Gasteiger partial charge in [-0.3, -0.25) is 0 Å². The number of halogens is 1. The van der Waals surface area contributed by atoms with Crippen molar-refractivity contribution in [3.05, 3.63) is 33.8 Å². The summed E-state index contributed by atoms with van der Waals surface area (Å²) in [4.78, 5) is 0. The van der Waals surface area contributed by atoms with Crippen LogP contribution in [-0.2, 0) is 0 Å². The lowest BCUT2D eigenvalue weighted by Gasteiger charge is -2.13. The van der Waals surface area contributed by atoms with Crippen LogP contribution in [0.25, 0.3) is 0 Å². The molecule has 0 saturated carbocycles. The standard InChI is InChI=1S/C18H29BrO/c1-3-4-5-6-7-8-9-10-11-18(20)16-13-12-15(2)14-17(16)19/h12-14,18,20H,3-11H2,1-2H3. The Morgan fingerprint density at radius 1 is 1.00 bits per heavy atom. The van der Waals surface area contributed by atoms with Crippen LogP contribution in [0, 0.1) is 6.92 Å². The van der Waals surface area contributed by atoms with E-state index in [1.165, 1.54) is 50.5 Å². The highest BCUT2D eigenvalue weighted by atomic mass is 79.9. The first-order chi connectivity index (χ1) is 9.65. The van der Waals surface area contributed by atoms with E-state index < -0.39 is 0 Å². The quantitative estimate of drug-likeness (QED) is 0.494. The predicted molar refractivity (Wildman–Crippen MR) is 91.1 cm³/mol. The van der Waals surface area contributed by atoms with E-state index in [9.17, 15) is 5.11 Å². The average molecular weight is 341 g/mol. The van der Waals surface area contributed by atoms with Crippen molar-refractivity contribution in [1.29, 1.82) is 0 Å². The van der Waals surface area contributed by atoms with Crippen LogP contribution < -0.4 is 0 Å². The zero-order chi connectivity index (χ0) is 14.8. The second kappa shape index (κ2) is 10.4. The Bertz CT molecular complexity index is 376. The lowest BCUT2D eigenvalue weighted by molar-refractivity contribution is 0.162. The molecule has 0 aromatic heterocycles. The Morgan fingerprint density at radius 2 is 1.60 bits per heavy atom. The first-order valence-corrected chi connectivity index (χ1v) is 8.88. The van der Waals surface area contributed by atoms with Crippen molar-refractivity contribution in [2.24, 2.45) is 0 Å². The number of hydrogen-bond acceptors (Lipinski definition) is 1. The second-order valence-electron chi connectivity index (χ2n) is 5.80. The number of benzene rings is 1. The van der Waals surface area contributed by atoms with Gasteiger partial charge in [0, 0.05) is 4.47 Å². The third kappa shape index (κ3) is 6.90. The molecule has 0 saturated heterocycles. The number of aryl methyl sites for hydroxylation is 1. The van der Waals surface area contributed by atoms with Crippen LogP contribution in [0.5, 0.6) is 0 Å². The highest BCUT2D eigenvalue weighted by Crippen LogP contribution is 2.28. The number of aliphatic hydroxyl groups is 1. The number of unbranched alkanes of at least 4 members (excludes halogenated alkanes) is 7. The molecule has 1 rings (SSSR count). The summed E-state index contributed by atoms with van der Waals surface area (Å²) in [7, 11) is 0. The van der Waals surface area contributed by atoms with Crippen molar-refractivity contribution >= 4 is 15.9 Å². The van der Waals surface area contributed by atoms with E-state index >= 15 is 0 Å². The molecule has 1 N–H and O–H groups in total. The fraction of sp³-hybridized carbons (Fsp3) is 0.667. The second-order valence-corrected chi connectivity index (χ2v) is 6.66. The highest BCUT2D eigenvalue weighted by molar-refractivity contribution is 9.10. The molecule has 20 heavy (non-hydrogen) atoms. The molecule has 1 aromatic rings. The molecule has 0 bridgehead atoms. The minimum Gasteiger partial charge on any atom is -0.388 e. The maximum absolute atomic E-state index is 10.2. The van der Waals surface area contributed by atoms with Crippen LogP contribution in [-0.4, -0.2) is 5.11 Å². The molecular weight excluding hydrogens is 312 g/mol. The van der Waals surface area contributed by atoms with Gasteiger partial charge in [0.05, 0.1) is 6.10 Å². The van der Waals surface area contributed by atoms with E-state index in [-0.39, 0.29) is 6.10 Å². The van der Waals surface area contributed by atoms with E-state index in [2.05, 4.69) is 41.9 Å². The zero-order valence-electron chi connectivity index (χ0n) is 13.0. The molecule has 1 atom stereocenters. The maximum atomic E-state index is 10.2. The minimum atomic E-state index is -0.329. The summed E-state index contributed by atoms with van der Waals surface area (Å²) in [6, 6.07) is 6.18. The summed E-state index contributed by atoms with van der Waals surface area (Å²) < 4.78 is 1.03. The molecule has 0 aliphatic heterocycles. The van der Waals surface area contributed by atoms with Gasteiger partial charge in [-0.1, -0.05) is 86.4 Å². The Morgan fingerprint density at radius 3 is 2.20 bits per heavy atom. The molecule has 0 aliphatic carbocycles. The highest BCUT2D eigenvalue weighted by Gasteiger charge is 2.10. The van der Waals surface area contributed by atoms with Crippen LogP contribution in [0.1, 0.15) is 81.9 Å². The topological polar surface area (TPSA) is 20.2 Å². The lowest BCUT2D eigenvalue weighted by Crippen LogP contribution is -1.99. The molecule has 0 spiro atoms. The van der Waals surface area contributed by atoms with Crippen LogP contribution in [0.2, 0.25) is 0 Å². The first-order valence-electron chi connectivity index (χ1n) is 8.09. The molecule has 0 aliphatic rings. The van der Waals surface area contributed by atoms with Crippen LogP contribution in [0.3, 0.4) is 0 Å². The molecule has 1 aromatic carbocycles. The summed E-state index contributed by atoms with van der Waals surface area (Å²) in [5.74, 6) is 0. The fourth-order valence-corrected chi connectivity index (χ4v) is 3.29. The Balaban J connectivity index is 2.15. The molecular formula is C18H29BrO. The van der Waals surface area contributed by atoms with E-state index in [1.807, 2.05) is 6.07 Å². The van der Waals surface area contributed by atoms with Crippen LogP contribution >= 0.6 is 15.9 Å². The van der Waals surface area contributed by atoms with Crippen molar-refractivity contribution < 1.29 is 5.11 Å². The molecule has 1 nitrogen and oxygen atoms in total. The van der Waals surface area contributed by atoms with E-state index in [1.54, 1.807) is 0 Å². The van der Waals surface area contributed by atoms with E-state index in [4.69, 9.17) is 0 Å². The maximum Gasteiger partial charge on any atom is 0.0800 e. The van der Waals surface area contributed by atoms with Gasteiger partial charge in [-0.2, -0.15) is 0 Å². The van der Waals surface area contributed by atoms with Gasteiger partial charge in [0.2, 0.25) is 0 Å². The van der Waals surface area contributed by atoms with Gasteiger partial charge in [-0.15, -0.1) is 0 Å². The van der Waals surface area contributed by atoms with Crippen molar-refractivity contribution in [3.8, 4) is 0 Å². The monoisotopic (exact) mass is 340 g/mol. The molecule has 0 heterocycles. The first kappa shape index (κ1) is 17.7. The van der Waals surface area contributed by atoms with Gasteiger partial charge in [-0.25, -0.2) is 0 Å². The van der Waals surface area contributed by atoms with Gasteiger partial charge in [0.15, 0.2) is 0 Å². The Kier molecular flexibility index (Phi) is 9.21. The van der Waals surface area contributed by atoms with Gasteiger partial charge in [0.25, 0.3) is 0 Å². The molecule has 0 fully saturated rings. The smallest absolute Gasteiger partial charge is 0.0800 e. The van der Waals surface area contributed by atoms with Gasteiger partial charge in [-0.05, 0) is 30.5 Å². The van der Waals surface area contributed by atoms with Crippen molar-refractivity contribution in [2.75, 3.05) is 0 Å². The lowest BCUT2D eigenvalue weighted by atomic mass is 10.0. The summed E-state index contributed by atoms with van der Waals surface area (Å²) in [5.41, 5.74) is 2.25. The summed E-state index contributed by atoms with van der Waals surface area (Å²) >= 11 is 3.55. The Hall–Kier alpha value is -0.340. The normalized spacial score (nSPS) is 12.6. The number of rotatable bonds is 10. The molecule has 2 heteroatoms. The van der Waals surface area contributed by atoms with Crippen molar-refractivity contribution in [2.45, 2.75) is 77.7 Å². The summed E-state index contributed by atoms with van der Waals surface area (Å²) in [6.07, 6.45) is 11.0. The molecule has 114 valence electrons. The third-order valence-electron chi connectivity index (χ3n) is 3.85. The SMILES string of the molecule is CCCCCCCCCCC(O)c1ccc(C)cc1Br. The van der Waals surface area contributed by atoms with Crippen molar-refractivity contribution in [1.82, 2.24) is 0 Å². The fourth-order valence-electron chi connectivity index (χ4n) is 2.53. The Labute approximate surface area is 132 Å². The third-order valence-corrected chi connectivity index (χ3v) is 4.53. The van der Waals surface area contributed by atoms with E-state index in [0.29, 0.717) is 0 Å². The molecule has 1 unspecified atom stereocenters. The molecule has 0 radical (unpaired) electrons. The minimum absolute atomic E-state index is 0.329. The number of aliphatic hydroxyl groups excluding tert-OH is 1. The number of hydrogen-bond donors (Lipinski definition) is 1. The van der Waals surface area contributed by atoms with Crippen LogP contribution in [0.15, 0.2) is 22.7 Å². The summed E-state index contributed by atoms with van der Waals surface area (Å²) in [5, 5.41) is 10.2. The largest absolute Gasteiger partial charge is 0.388 e. The predicted octanol–water partition coefficient (Wildman–Crippen LogP) is 6.32. The van der Waals surface area contributed by atoms with E-state index in [0.717, 1.165) is 22.9 Å². The van der Waals surface area contributed by atoms with Gasteiger partial charge in [0.1, 0.15) is 0 Å². The van der Waals surface area contributed by atoms with Crippen molar-refractivity contribution in [3.63, 3.8) is 0 Å².